The standard InChI is InChI=1S/C26H34O2/c1-3-19-5-7-20(8-6-19)21-9-11-22(12-10-21)23-13-15-24(16-14-23)26-18-27-25(4-2)17-28-26/h9-16,19-20,25-26H,3-8,17-18H2,1-2H3/t19-,20-,25-,26-/m0/s1. The van der Waals surface area contributed by atoms with Gasteiger partial charge in [0.05, 0.1) is 19.3 Å². The zero-order chi connectivity index (χ0) is 19.3. The van der Waals surface area contributed by atoms with Gasteiger partial charge in [-0.05, 0) is 66.2 Å². The van der Waals surface area contributed by atoms with Crippen molar-refractivity contribution < 1.29 is 9.47 Å². The molecule has 2 heteroatoms. The summed E-state index contributed by atoms with van der Waals surface area (Å²) < 4.78 is 11.9. The summed E-state index contributed by atoms with van der Waals surface area (Å²) in [5.41, 5.74) is 5.30. The van der Waals surface area contributed by atoms with Crippen molar-refractivity contribution >= 4 is 0 Å². The van der Waals surface area contributed by atoms with Crippen molar-refractivity contribution in [3.05, 3.63) is 59.7 Å². The normalized spacial score (nSPS) is 28.2. The van der Waals surface area contributed by atoms with Crippen LogP contribution in [0.25, 0.3) is 11.1 Å². The van der Waals surface area contributed by atoms with Crippen LogP contribution >= 0.6 is 0 Å². The molecule has 1 heterocycles. The number of rotatable bonds is 5. The average Bonchev–Trinajstić information content (AvgIpc) is 2.79. The monoisotopic (exact) mass is 378 g/mol. The first-order valence-corrected chi connectivity index (χ1v) is 11.2. The molecule has 2 atom stereocenters. The van der Waals surface area contributed by atoms with Crippen molar-refractivity contribution in [3.63, 3.8) is 0 Å². The van der Waals surface area contributed by atoms with Gasteiger partial charge < -0.3 is 9.47 Å². The molecule has 2 nitrogen and oxygen atoms in total. The fourth-order valence-corrected chi connectivity index (χ4v) is 4.71. The minimum Gasteiger partial charge on any atom is -0.373 e. The summed E-state index contributed by atoms with van der Waals surface area (Å²) in [6.45, 7) is 5.84. The van der Waals surface area contributed by atoms with Crippen molar-refractivity contribution in [2.75, 3.05) is 13.2 Å². The summed E-state index contributed by atoms with van der Waals surface area (Å²) in [6, 6.07) is 18.1. The Morgan fingerprint density at radius 2 is 1.29 bits per heavy atom. The van der Waals surface area contributed by atoms with Crippen LogP contribution in [0.2, 0.25) is 0 Å². The third-order valence-corrected chi connectivity index (χ3v) is 6.84. The number of ether oxygens (including phenoxy) is 2. The Morgan fingerprint density at radius 3 is 1.79 bits per heavy atom. The smallest absolute Gasteiger partial charge is 0.106 e. The van der Waals surface area contributed by atoms with E-state index in [2.05, 4.69) is 62.4 Å². The summed E-state index contributed by atoms with van der Waals surface area (Å²) in [4.78, 5) is 0. The van der Waals surface area contributed by atoms with E-state index in [9.17, 15) is 0 Å². The first kappa shape index (κ1) is 19.7. The van der Waals surface area contributed by atoms with E-state index >= 15 is 0 Å². The highest BCUT2D eigenvalue weighted by Crippen LogP contribution is 2.37. The highest BCUT2D eigenvalue weighted by Gasteiger charge is 2.23. The second-order valence-electron chi connectivity index (χ2n) is 8.56. The molecular formula is C26H34O2. The molecule has 150 valence electrons. The minimum absolute atomic E-state index is 0.0671. The van der Waals surface area contributed by atoms with E-state index < -0.39 is 0 Å². The van der Waals surface area contributed by atoms with Crippen molar-refractivity contribution in [1.29, 1.82) is 0 Å². The van der Waals surface area contributed by atoms with Crippen LogP contribution < -0.4 is 0 Å². The summed E-state index contributed by atoms with van der Waals surface area (Å²) in [6.07, 6.45) is 8.19. The van der Waals surface area contributed by atoms with Gasteiger partial charge in [0.25, 0.3) is 0 Å². The molecule has 2 aliphatic rings. The van der Waals surface area contributed by atoms with E-state index in [-0.39, 0.29) is 12.2 Å². The first-order valence-electron chi connectivity index (χ1n) is 11.2. The van der Waals surface area contributed by atoms with E-state index in [0.29, 0.717) is 13.2 Å². The molecule has 0 radical (unpaired) electrons. The Kier molecular flexibility index (Phi) is 6.49. The van der Waals surface area contributed by atoms with E-state index in [1.807, 2.05) is 0 Å². The summed E-state index contributed by atoms with van der Waals surface area (Å²) in [5, 5.41) is 0. The molecule has 4 rings (SSSR count). The van der Waals surface area contributed by atoms with E-state index in [1.165, 1.54) is 54.4 Å². The average molecular weight is 379 g/mol. The fourth-order valence-electron chi connectivity index (χ4n) is 4.71. The Hall–Kier alpha value is -1.64. The zero-order valence-electron chi connectivity index (χ0n) is 17.4. The van der Waals surface area contributed by atoms with E-state index in [4.69, 9.17) is 9.47 Å². The minimum atomic E-state index is 0.0671. The second kappa shape index (κ2) is 9.24. The van der Waals surface area contributed by atoms with Crippen LogP contribution in [-0.4, -0.2) is 19.3 Å². The predicted octanol–water partition coefficient (Wildman–Crippen LogP) is 6.90. The van der Waals surface area contributed by atoms with Crippen molar-refractivity contribution in [2.45, 2.75) is 70.5 Å². The first-order chi connectivity index (χ1) is 13.8. The van der Waals surface area contributed by atoms with Gasteiger partial charge in [-0.15, -0.1) is 0 Å². The van der Waals surface area contributed by atoms with Gasteiger partial charge in [0, 0.05) is 0 Å². The maximum absolute atomic E-state index is 5.99. The molecule has 0 amide bonds. The molecule has 2 aromatic rings. The van der Waals surface area contributed by atoms with Gasteiger partial charge in [0.15, 0.2) is 0 Å². The number of hydrogen-bond donors (Lipinski definition) is 0. The largest absolute Gasteiger partial charge is 0.373 e. The molecule has 1 saturated carbocycles. The lowest BCUT2D eigenvalue weighted by atomic mass is 9.77. The van der Waals surface area contributed by atoms with Crippen LogP contribution in [0.3, 0.4) is 0 Å². The second-order valence-corrected chi connectivity index (χ2v) is 8.56. The lowest BCUT2D eigenvalue weighted by molar-refractivity contribution is -0.135. The molecule has 28 heavy (non-hydrogen) atoms. The van der Waals surface area contributed by atoms with Crippen molar-refractivity contribution in [2.24, 2.45) is 5.92 Å². The van der Waals surface area contributed by atoms with Crippen LogP contribution in [0.15, 0.2) is 48.5 Å². The summed E-state index contributed by atoms with van der Waals surface area (Å²) in [7, 11) is 0. The Morgan fingerprint density at radius 1 is 0.679 bits per heavy atom. The molecule has 0 N–H and O–H groups in total. The number of benzene rings is 2. The van der Waals surface area contributed by atoms with Gasteiger partial charge in [0.2, 0.25) is 0 Å². The molecule has 0 unspecified atom stereocenters. The van der Waals surface area contributed by atoms with Crippen LogP contribution in [-0.2, 0) is 9.47 Å². The Balaban J connectivity index is 1.38. The quantitative estimate of drug-likeness (QED) is 0.563. The Labute approximate surface area is 170 Å². The molecule has 1 aliphatic heterocycles. The summed E-state index contributed by atoms with van der Waals surface area (Å²) in [5.74, 6) is 1.72. The van der Waals surface area contributed by atoms with E-state index in [0.717, 1.165) is 18.3 Å². The summed E-state index contributed by atoms with van der Waals surface area (Å²) >= 11 is 0. The van der Waals surface area contributed by atoms with Crippen LogP contribution in [0.4, 0.5) is 0 Å². The van der Waals surface area contributed by atoms with Gasteiger partial charge >= 0.3 is 0 Å². The lowest BCUT2D eigenvalue weighted by Crippen LogP contribution is -2.30. The van der Waals surface area contributed by atoms with Gasteiger partial charge in [-0.25, -0.2) is 0 Å². The van der Waals surface area contributed by atoms with Gasteiger partial charge in [-0.3, -0.25) is 0 Å². The van der Waals surface area contributed by atoms with Crippen molar-refractivity contribution in [3.8, 4) is 11.1 Å². The molecule has 2 aromatic carbocycles. The molecule has 0 aromatic heterocycles. The van der Waals surface area contributed by atoms with E-state index in [1.54, 1.807) is 0 Å². The fraction of sp³-hybridized carbons (Fsp3) is 0.538. The van der Waals surface area contributed by atoms with Crippen LogP contribution in [0.1, 0.15) is 75.5 Å². The maximum atomic E-state index is 5.99. The zero-order valence-corrected chi connectivity index (χ0v) is 17.4. The third-order valence-electron chi connectivity index (χ3n) is 6.84. The molecule has 1 saturated heterocycles. The van der Waals surface area contributed by atoms with Gasteiger partial charge in [-0.1, -0.05) is 68.8 Å². The number of hydrogen-bond acceptors (Lipinski definition) is 2. The highest BCUT2D eigenvalue weighted by molar-refractivity contribution is 5.64. The highest BCUT2D eigenvalue weighted by atomic mass is 16.6. The SMILES string of the molecule is CC[C@H]1CO[C@H](c2ccc(-c3ccc([C@H]4CC[C@H](CC)CC4)cc3)cc2)CO1. The molecule has 2 fully saturated rings. The maximum Gasteiger partial charge on any atom is 0.106 e. The predicted molar refractivity (Wildman–Crippen MR) is 116 cm³/mol. The third kappa shape index (κ3) is 4.50. The molecule has 0 bridgehead atoms. The van der Waals surface area contributed by atoms with Crippen molar-refractivity contribution in [1.82, 2.24) is 0 Å². The molecular weight excluding hydrogens is 344 g/mol. The molecule has 1 aliphatic carbocycles. The topological polar surface area (TPSA) is 18.5 Å². The van der Waals surface area contributed by atoms with Gasteiger partial charge in [0.1, 0.15) is 6.10 Å². The molecule has 0 spiro atoms. The van der Waals surface area contributed by atoms with Crippen LogP contribution in [0, 0.1) is 5.92 Å². The Bertz CT molecular complexity index is 653. The lowest BCUT2D eigenvalue weighted by Gasteiger charge is -2.29. The van der Waals surface area contributed by atoms with Gasteiger partial charge in [-0.2, -0.15) is 0 Å². The van der Waals surface area contributed by atoms with Crippen LogP contribution in [0.5, 0.6) is 0 Å².